The Labute approximate surface area is 76.2 Å². The van der Waals surface area contributed by atoms with Gasteiger partial charge < -0.3 is 0 Å². The Balaban J connectivity index is 2.45. The van der Waals surface area contributed by atoms with Gasteiger partial charge in [-0.25, -0.2) is 0 Å². The van der Waals surface area contributed by atoms with Crippen molar-refractivity contribution in [3.8, 4) is 0 Å². The molecular weight excluding hydrogens is 152 g/mol. The lowest BCUT2D eigenvalue weighted by molar-refractivity contribution is 0.177. The molecule has 0 bridgehead atoms. The van der Waals surface area contributed by atoms with E-state index in [1.165, 1.54) is 38.5 Å². The van der Waals surface area contributed by atoms with Gasteiger partial charge in [0, 0.05) is 5.25 Å². The zero-order valence-corrected chi connectivity index (χ0v) is 8.66. The summed E-state index contributed by atoms with van der Waals surface area (Å²) >= 11 is 4.52. The molecule has 0 heterocycles. The summed E-state index contributed by atoms with van der Waals surface area (Å²) in [6, 6.07) is 0. The summed E-state index contributed by atoms with van der Waals surface area (Å²) in [5.74, 6) is 0. The molecule has 0 aliphatic heterocycles. The van der Waals surface area contributed by atoms with Crippen LogP contribution in [0, 0.1) is 5.41 Å². The topological polar surface area (TPSA) is 0 Å². The van der Waals surface area contributed by atoms with Crippen molar-refractivity contribution in [1.29, 1.82) is 0 Å². The average molecular weight is 172 g/mol. The number of hydrogen-bond acceptors (Lipinski definition) is 1. The number of hydrogen-bond donors (Lipinski definition) is 1. The fourth-order valence-electron chi connectivity index (χ4n) is 2.17. The Morgan fingerprint density at radius 1 is 1.18 bits per heavy atom. The van der Waals surface area contributed by atoms with E-state index in [2.05, 4.69) is 26.5 Å². The molecule has 66 valence electrons. The highest BCUT2D eigenvalue weighted by molar-refractivity contribution is 7.80. The van der Waals surface area contributed by atoms with E-state index in [1.807, 2.05) is 0 Å². The van der Waals surface area contributed by atoms with E-state index in [4.69, 9.17) is 0 Å². The number of thiol groups is 1. The molecule has 0 aromatic carbocycles. The highest BCUT2D eigenvalue weighted by Gasteiger charge is 2.30. The van der Waals surface area contributed by atoms with E-state index in [-0.39, 0.29) is 0 Å². The summed E-state index contributed by atoms with van der Waals surface area (Å²) in [5, 5.41) is 0.696. The zero-order chi connectivity index (χ0) is 8.32. The smallest absolute Gasteiger partial charge is 0.00172 e. The molecule has 0 N–H and O–H groups in total. The van der Waals surface area contributed by atoms with Gasteiger partial charge in [-0.1, -0.05) is 26.7 Å². The second kappa shape index (κ2) is 3.84. The van der Waals surface area contributed by atoms with E-state index < -0.39 is 0 Å². The molecule has 1 heteroatoms. The Bertz CT molecular complexity index is 106. The first-order chi connectivity index (χ1) is 5.22. The van der Waals surface area contributed by atoms with E-state index in [1.54, 1.807) is 0 Å². The Hall–Kier alpha value is 0.350. The predicted molar refractivity (Wildman–Crippen MR) is 54.3 cm³/mol. The largest absolute Gasteiger partial charge is 0.176 e. The maximum Gasteiger partial charge on any atom is 0.00172 e. The quantitative estimate of drug-likeness (QED) is 0.604. The molecular formula is C10H20S. The summed E-state index contributed by atoms with van der Waals surface area (Å²) in [6.07, 6.45) is 8.23. The second-order valence-corrected chi connectivity index (χ2v) is 4.67. The lowest BCUT2D eigenvalue weighted by atomic mass is 9.70. The summed E-state index contributed by atoms with van der Waals surface area (Å²) in [7, 11) is 0. The zero-order valence-electron chi connectivity index (χ0n) is 7.77. The third kappa shape index (κ3) is 2.14. The van der Waals surface area contributed by atoms with Crippen LogP contribution in [0.1, 0.15) is 52.4 Å². The van der Waals surface area contributed by atoms with Crippen molar-refractivity contribution in [2.24, 2.45) is 5.41 Å². The summed E-state index contributed by atoms with van der Waals surface area (Å²) < 4.78 is 0. The minimum Gasteiger partial charge on any atom is -0.176 e. The van der Waals surface area contributed by atoms with Gasteiger partial charge in [-0.15, -0.1) is 0 Å². The molecule has 0 atom stereocenters. The van der Waals surface area contributed by atoms with Crippen molar-refractivity contribution >= 4 is 12.6 Å². The van der Waals surface area contributed by atoms with Crippen LogP contribution in [0.4, 0.5) is 0 Å². The molecule has 1 aliphatic rings. The molecule has 0 radical (unpaired) electrons. The normalized spacial score (nSPS) is 25.4. The van der Waals surface area contributed by atoms with Crippen molar-refractivity contribution in [3.05, 3.63) is 0 Å². The van der Waals surface area contributed by atoms with Crippen LogP contribution >= 0.6 is 12.6 Å². The van der Waals surface area contributed by atoms with Crippen LogP contribution in [-0.2, 0) is 0 Å². The van der Waals surface area contributed by atoms with Crippen molar-refractivity contribution in [2.45, 2.75) is 57.6 Å². The molecule has 0 nitrogen and oxygen atoms in total. The van der Waals surface area contributed by atoms with Crippen LogP contribution < -0.4 is 0 Å². The van der Waals surface area contributed by atoms with Gasteiger partial charge in [-0.05, 0) is 31.1 Å². The summed E-state index contributed by atoms with van der Waals surface area (Å²) in [4.78, 5) is 0. The van der Waals surface area contributed by atoms with Crippen molar-refractivity contribution < 1.29 is 0 Å². The Morgan fingerprint density at radius 2 is 1.64 bits per heavy atom. The van der Waals surface area contributed by atoms with Crippen LogP contribution in [0.25, 0.3) is 0 Å². The lowest BCUT2D eigenvalue weighted by Gasteiger charge is -2.37. The second-order valence-electron chi connectivity index (χ2n) is 3.94. The molecule has 0 amide bonds. The molecule has 1 fully saturated rings. The van der Waals surface area contributed by atoms with Crippen molar-refractivity contribution in [2.75, 3.05) is 0 Å². The fourth-order valence-corrected chi connectivity index (χ4v) is 2.43. The van der Waals surface area contributed by atoms with Gasteiger partial charge in [0.2, 0.25) is 0 Å². The third-order valence-corrected chi connectivity index (χ3v) is 4.03. The van der Waals surface area contributed by atoms with Crippen LogP contribution in [0.5, 0.6) is 0 Å². The minimum absolute atomic E-state index is 0.694. The van der Waals surface area contributed by atoms with Gasteiger partial charge in [-0.3, -0.25) is 0 Å². The first-order valence-corrected chi connectivity index (χ1v) is 5.42. The molecule has 0 saturated heterocycles. The maximum atomic E-state index is 4.52. The third-order valence-electron chi connectivity index (χ3n) is 3.52. The van der Waals surface area contributed by atoms with Gasteiger partial charge in [0.1, 0.15) is 0 Å². The Morgan fingerprint density at radius 3 is 2.00 bits per heavy atom. The number of rotatable bonds is 2. The van der Waals surface area contributed by atoms with Crippen molar-refractivity contribution in [1.82, 2.24) is 0 Å². The molecule has 1 saturated carbocycles. The van der Waals surface area contributed by atoms with Gasteiger partial charge in [0.05, 0.1) is 0 Å². The molecule has 1 rings (SSSR count). The SMILES string of the molecule is CCC1(CC)CCC(S)CC1. The highest BCUT2D eigenvalue weighted by Crippen LogP contribution is 2.42. The molecule has 0 unspecified atom stereocenters. The molecule has 1 aliphatic carbocycles. The monoisotopic (exact) mass is 172 g/mol. The first kappa shape index (κ1) is 9.44. The predicted octanol–water partition coefficient (Wildman–Crippen LogP) is 3.67. The molecule has 11 heavy (non-hydrogen) atoms. The van der Waals surface area contributed by atoms with E-state index >= 15 is 0 Å². The molecule has 0 spiro atoms. The maximum absolute atomic E-state index is 4.52. The average Bonchev–Trinajstić information content (AvgIpc) is 2.07. The Kier molecular flexibility index (Phi) is 3.29. The fraction of sp³-hybridized carbons (Fsp3) is 1.00. The molecule has 0 aromatic rings. The van der Waals surface area contributed by atoms with E-state index in [0.717, 1.165) is 0 Å². The van der Waals surface area contributed by atoms with E-state index in [0.29, 0.717) is 10.7 Å². The van der Waals surface area contributed by atoms with Crippen LogP contribution in [0.2, 0.25) is 0 Å². The van der Waals surface area contributed by atoms with Gasteiger partial charge in [-0.2, -0.15) is 12.6 Å². The van der Waals surface area contributed by atoms with Gasteiger partial charge in [0.15, 0.2) is 0 Å². The van der Waals surface area contributed by atoms with Gasteiger partial charge >= 0.3 is 0 Å². The van der Waals surface area contributed by atoms with Gasteiger partial charge in [0.25, 0.3) is 0 Å². The standard InChI is InChI=1S/C10H20S/c1-3-10(4-2)7-5-9(11)6-8-10/h9,11H,3-8H2,1-2H3. The summed E-state index contributed by atoms with van der Waals surface area (Å²) in [5.41, 5.74) is 0.694. The van der Waals surface area contributed by atoms with E-state index in [9.17, 15) is 0 Å². The molecule has 0 aromatic heterocycles. The van der Waals surface area contributed by atoms with Crippen LogP contribution in [0.15, 0.2) is 0 Å². The van der Waals surface area contributed by atoms with Crippen LogP contribution in [-0.4, -0.2) is 5.25 Å². The first-order valence-electron chi connectivity index (χ1n) is 4.90. The lowest BCUT2D eigenvalue weighted by Crippen LogP contribution is -2.26. The minimum atomic E-state index is 0.694. The van der Waals surface area contributed by atoms with Crippen molar-refractivity contribution in [3.63, 3.8) is 0 Å². The highest BCUT2D eigenvalue weighted by atomic mass is 32.1. The van der Waals surface area contributed by atoms with Crippen LogP contribution in [0.3, 0.4) is 0 Å². The summed E-state index contributed by atoms with van der Waals surface area (Å²) in [6.45, 7) is 4.67.